The molecule has 0 amide bonds. The molecule has 16 heavy (non-hydrogen) atoms. The van der Waals surface area contributed by atoms with Crippen molar-refractivity contribution in [1.82, 2.24) is 15.4 Å². The van der Waals surface area contributed by atoms with Crippen LogP contribution < -0.4 is 5.43 Å². The Hall–Kier alpha value is -1.04. The van der Waals surface area contributed by atoms with Crippen molar-refractivity contribution >= 4 is 47.9 Å². The number of fused-ring (bicyclic) bond motifs is 1. The van der Waals surface area contributed by atoms with Gasteiger partial charge in [0.25, 0.3) is 0 Å². The predicted molar refractivity (Wildman–Crippen MR) is 71.0 cm³/mol. The van der Waals surface area contributed by atoms with Gasteiger partial charge in [0.15, 0.2) is 0 Å². The first-order valence-electron chi connectivity index (χ1n) is 4.31. The Kier molecular flexibility index (Phi) is 4.35. The number of aromatic nitrogens is 1. The standard InChI is InChI=1S/C9H8N4S.2ClH/c1-3-13-8(6-10-1)7(5-12-13)9-11-2-4-14-9;;/h1-2,4-6,12H,3H2;2*1H. The van der Waals surface area contributed by atoms with Crippen molar-refractivity contribution in [2.75, 3.05) is 6.54 Å². The number of aliphatic imine (C=N–C) groups is 1. The van der Waals surface area contributed by atoms with Gasteiger partial charge in [-0.1, -0.05) is 0 Å². The topological polar surface area (TPSA) is 40.5 Å². The molecule has 0 atom stereocenters. The van der Waals surface area contributed by atoms with E-state index >= 15 is 0 Å². The van der Waals surface area contributed by atoms with Gasteiger partial charge in [0.1, 0.15) is 5.01 Å². The van der Waals surface area contributed by atoms with Crippen molar-refractivity contribution in [3.63, 3.8) is 0 Å². The van der Waals surface area contributed by atoms with Gasteiger partial charge in [0.2, 0.25) is 0 Å². The average Bonchev–Trinajstić information content (AvgIpc) is 2.85. The number of halogens is 2. The molecule has 4 nitrogen and oxygen atoms in total. The molecule has 3 rings (SSSR count). The van der Waals surface area contributed by atoms with Crippen LogP contribution in [0.15, 0.2) is 34.7 Å². The van der Waals surface area contributed by atoms with Gasteiger partial charge in [-0.25, -0.2) is 4.98 Å². The van der Waals surface area contributed by atoms with Gasteiger partial charge in [-0.2, -0.15) is 0 Å². The van der Waals surface area contributed by atoms with Crippen LogP contribution in [0.1, 0.15) is 5.01 Å². The molecule has 0 spiro atoms. The molecule has 0 unspecified atom stereocenters. The molecular weight excluding hydrogens is 267 g/mol. The van der Waals surface area contributed by atoms with E-state index in [0.717, 1.165) is 22.8 Å². The lowest BCUT2D eigenvalue weighted by Gasteiger charge is -2.20. The molecule has 0 radical (unpaired) electrons. The molecule has 0 saturated heterocycles. The zero-order valence-corrected chi connectivity index (χ0v) is 10.6. The smallest absolute Gasteiger partial charge is 0.127 e. The Morgan fingerprint density at radius 2 is 2.25 bits per heavy atom. The molecule has 0 fully saturated rings. The second kappa shape index (κ2) is 5.34. The second-order valence-corrected chi connectivity index (χ2v) is 3.88. The molecule has 0 bridgehead atoms. The Bertz CT molecular complexity index is 438. The Morgan fingerprint density at radius 3 is 3.00 bits per heavy atom. The molecule has 0 saturated carbocycles. The summed E-state index contributed by atoms with van der Waals surface area (Å²) in [6.07, 6.45) is 7.52. The van der Waals surface area contributed by atoms with Gasteiger partial charge >= 0.3 is 0 Å². The number of thiazole rings is 1. The number of rotatable bonds is 1. The normalized spacial score (nSPS) is 16.4. The van der Waals surface area contributed by atoms with Crippen molar-refractivity contribution < 1.29 is 0 Å². The van der Waals surface area contributed by atoms with Gasteiger partial charge in [0.05, 0.1) is 24.0 Å². The zero-order chi connectivity index (χ0) is 9.38. The van der Waals surface area contributed by atoms with Gasteiger partial charge in [-0.3, -0.25) is 10.0 Å². The molecule has 0 aromatic carbocycles. The minimum atomic E-state index is 0. The zero-order valence-electron chi connectivity index (χ0n) is 8.16. The molecule has 7 heteroatoms. The van der Waals surface area contributed by atoms with Gasteiger partial charge in [-0.05, 0) is 0 Å². The average molecular weight is 277 g/mol. The number of hydrazine groups is 1. The van der Waals surface area contributed by atoms with Crippen molar-refractivity contribution in [2.24, 2.45) is 4.99 Å². The van der Waals surface area contributed by atoms with Crippen LogP contribution in [0.3, 0.4) is 0 Å². The summed E-state index contributed by atoms with van der Waals surface area (Å²) in [7, 11) is 0. The molecule has 1 N–H and O–H groups in total. The van der Waals surface area contributed by atoms with E-state index in [9.17, 15) is 0 Å². The highest BCUT2D eigenvalue weighted by molar-refractivity contribution is 7.10. The Morgan fingerprint density at radius 1 is 1.38 bits per heavy atom. The quantitative estimate of drug-likeness (QED) is 0.854. The second-order valence-electron chi connectivity index (χ2n) is 2.98. The summed E-state index contributed by atoms with van der Waals surface area (Å²) in [4.78, 5) is 8.43. The maximum absolute atomic E-state index is 4.28. The van der Waals surface area contributed by atoms with Crippen LogP contribution in [0, 0.1) is 0 Å². The Balaban J connectivity index is 0.000000640. The number of hydrogen-bond acceptors (Lipinski definition) is 5. The largest absolute Gasteiger partial charge is 0.304 e. The van der Waals surface area contributed by atoms with E-state index in [1.165, 1.54) is 0 Å². The van der Waals surface area contributed by atoms with Gasteiger partial charge in [0, 0.05) is 24.0 Å². The maximum atomic E-state index is 4.28. The summed E-state index contributed by atoms with van der Waals surface area (Å²) in [5.74, 6) is 0. The van der Waals surface area contributed by atoms with Gasteiger partial charge < -0.3 is 5.43 Å². The number of hydrogen-bond donors (Lipinski definition) is 1. The van der Waals surface area contributed by atoms with E-state index in [2.05, 4.69) is 15.4 Å². The highest BCUT2D eigenvalue weighted by Gasteiger charge is 2.23. The molecule has 86 valence electrons. The highest BCUT2D eigenvalue weighted by Crippen LogP contribution is 2.30. The van der Waals surface area contributed by atoms with E-state index in [1.807, 2.05) is 35.2 Å². The van der Waals surface area contributed by atoms with E-state index in [0.29, 0.717) is 0 Å². The van der Waals surface area contributed by atoms with Crippen LogP contribution in [0.5, 0.6) is 0 Å². The lowest BCUT2D eigenvalue weighted by atomic mass is 10.2. The fourth-order valence-corrected chi connectivity index (χ4v) is 2.16. The SMILES string of the molecule is C1=NC=C2C(c3nccs3)=CNN2C1.Cl.Cl. The molecular formula is C9H10Cl2N4S. The summed E-state index contributed by atoms with van der Waals surface area (Å²) in [5, 5.41) is 5.05. The third-order valence-electron chi connectivity index (χ3n) is 2.16. The number of nitrogens with one attached hydrogen (secondary N) is 1. The van der Waals surface area contributed by atoms with Crippen LogP contribution in [0.2, 0.25) is 0 Å². The molecule has 1 aromatic heterocycles. The first kappa shape index (κ1) is 13.0. The summed E-state index contributed by atoms with van der Waals surface area (Å²) >= 11 is 1.64. The predicted octanol–water partition coefficient (Wildman–Crippen LogP) is 2.07. The Labute approximate surface area is 110 Å². The van der Waals surface area contributed by atoms with Crippen LogP contribution in [-0.2, 0) is 0 Å². The van der Waals surface area contributed by atoms with Crippen molar-refractivity contribution in [3.8, 4) is 0 Å². The summed E-state index contributed by atoms with van der Waals surface area (Å²) in [6.45, 7) is 0.803. The van der Waals surface area contributed by atoms with E-state index in [4.69, 9.17) is 0 Å². The maximum Gasteiger partial charge on any atom is 0.127 e. The fraction of sp³-hybridized carbons (Fsp3) is 0.111. The first-order chi connectivity index (χ1) is 6.95. The molecule has 2 aliphatic heterocycles. The van der Waals surface area contributed by atoms with Crippen molar-refractivity contribution in [2.45, 2.75) is 0 Å². The number of nitrogens with zero attached hydrogens (tertiary/aromatic N) is 3. The van der Waals surface area contributed by atoms with E-state index in [1.54, 1.807) is 11.3 Å². The summed E-state index contributed by atoms with van der Waals surface area (Å²) in [5.41, 5.74) is 5.40. The van der Waals surface area contributed by atoms with Gasteiger partial charge in [-0.15, -0.1) is 36.2 Å². The van der Waals surface area contributed by atoms with Crippen LogP contribution in [0.25, 0.3) is 5.57 Å². The molecule has 3 heterocycles. The lowest BCUT2D eigenvalue weighted by Crippen LogP contribution is -2.31. The highest BCUT2D eigenvalue weighted by atomic mass is 35.5. The number of allylic oxidation sites excluding steroid dienone is 1. The fourth-order valence-electron chi connectivity index (χ4n) is 1.50. The summed E-state index contributed by atoms with van der Waals surface area (Å²) < 4.78 is 0. The van der Waals surface area contributed by atoms with Crippen LogP contribution >= 0.6 is 36.2 Å². The first-order valence-corrected chi connectivity index (χ1v) is 5.19. The van der Waals surface area contributed by atoms with Crippen LogP contribution in [0.4, 0.5) is 0 Å². The minimum Gasteiger partial charge on any atom is -0.304 e. The molecule has 2 aliphatic rings. The lowest BCUT2D eigenvalue weighted by molar-refractivity contribution is 0.357. The minimum absolute atomic E-state index is 0. The summed E-state index contributed by atoms with van der Waals surface area (Å²) in [6, 6.07) is 0. The third kappa shape index (κ3) is 2.07. The van der Waals surface area contributed by atoms with Crippen molar-refractivity contribution in [3.05, 3.63) is 34.7 Å². The molecule has 0 aliphatic carbocycles. The van der Waals surface area contributed by atoms with Crippen LogP contribution in [-0.4, -0.2) is 22.8 Å². The monoisotopic (exact) mass is 276 g/mol. The van der Waals surface area contributed by atoms with E-state index < -0.39 is 0 Å². The third-order valence-corrected chi connectivity index (χ3v) is 2.97. The van der Waals surface area contributed by atoms with E-state index in [-0.39, 0.29) is 24.8 Å². The molecule has 1 aromatic rings. The van der Waals surface area contributed by atoms with Crippen molar-refractivity contribution in [1.29, 1.82) is 0 Å².